The van der Waals surface area contributed by atoms with Crippen molar-refractivity contribution in [3.8, 4) is 0 Å². The second-order valence-electron chi connectivity index (χ2n) is 6.05. The Balaban J connectivity index is 1.88. The summed E-state index contributed by atoms with van der Waals surface area (Å²) in [6, 6.07) is 23.0. The smallest absolute Gasteiger partial charge is 0.198 e. The molecule has 1 aliphatic heterocycles. The molecular weight excluding hydrogens is 328 g/mol. The molecule has 5 rings (SSSR count). The highest BCUT2D eigenvalue weighted by molar-refractivity contribution is 7.99. The molecule has 118 valence electrons. The monoisotopic (exact) mass is 340 g/mol. The van der Waals surface area contributed by atoms with Gasteiger partial charge in [0.1, 0.15) is 0 Å². The molecule has 0 N–H and O–H groups in total. The molecule has 2 aliphatic rings. The number of hydrogen-bond donors (Lipinski definition) is 0. The number of rotatable bonds is 0. The largest absolute Gasteiger partial charge is 0.288 e. The SMILES string of the molecule is O=C1C(=C2c3ccccc3Sc3ccccc32)C(=O)c2ccccc21. The van der Waals surface area contributed by atoms with Crippen LogP contribution in [0.2, 0.25) is 0 Å². The predicted molar refractivity (Wildman–Crippen MR) is 98.1 cm³/mol. The van der Waals surface area contributed by atoms with Crippen LogP contribution in [0, 0.1) is 0 Å². The van der Waals surface area contributed by atoms with E-state index in [9.17, 15) is 9.59 Å². The number of carbonyl (C=O) groups is 2. The van der Waals surface area contributed by atoms with Crippen molar-refractivity contribution in [2.45, 2.75) is 9.79 Å². The van der Waals surface area contributed by atoms with Crippen molar-refractivity contribution >= 4 is 28.9 Å². The Morgan fingerprint density at radius 2 is 0.880 bits per heavy atom. The molecule has 0 saturated carbocycles. The Morgan fingerprint density at radius 3 is 1.36 bits per heavy atom. The van der Waals surface area contributed by atoms with E-state index in [1.54, 1.807) is 36.0 Å². The molecule has 0 amide bonds. The average Bonchev–Trinajstić information content (AvgIpc) is 2.91. The lowest BCUT2D eigenvalue weighted by molar-refractivity contribution is 0.0990. The minimum atomic E-state index is -0.174. The molecule has 0 unspecified atom stereocenters. The van der Waals surface area contributed by atoms with E-state index in [0.29, 0.717) is 16.7 Å². The zero-order chi connectivity index (χ0) is 17.0. The van der Waals surface area contributed by atoms with Gasteiger partial charge in [0.15, 0.2) is 11.6 Å². The number of ketones is 2. The van der Waals surface area contributed by atoms with E-state index < -0.39 is 0 Å². The maximum absolute atomic E-state index is 13.0. The van der Waals surface area contributed by atoms with Gasteiger partial charge in [0, 0.05) is 26.5 Å². The fourth-order valence-corrected chi connectivity index (χ4v) is 4.63. The molecule has 3 aromatic carbocycles. The molecule has 1 heterocycles. The van der Waals surface area contributed by atoms with Crippen molar-refractivity contribution < 1.29 is 9.59 Å². The summed E-state index contributed by atoms with van der Waals surface area (Å²) in [6.45, 7) is 0. The topological polar surface area (TPSA) is 34.1 Å². The van der Waals surface area contributed by atoms with E-state index in [2.05, 4.69) is 0 Å². The minimum absolute atomic E-state index is 0.174. The van der Waals surface area contributed by atoms with E-state index >= 15 is 0 Å². The maximum Gasteiger partial charge on any atom is 0.198 e. The van der Waals surface area contributed by atoms with E-state index in [1.807, 2.05) is 48.5 Å². The first kappa shape index (κ1) is 14.4. The normalized spacial score (nSPS) is 15.0. The molecule has 3 heteroatoms. The van der Waals surface area contributed by atoms with E-state index in [0.717, 1.165) is 26.5 Å². The molecule has 0 spiro atoms. The summed E-state index contributed by atoms with van der Waals surface area (Å²) in [6.07, 6.45) is 0. The van der Waals surface area contributed by atoms with Gasteiger partial charge in [0.05, 0.1) is 5.57 Å². The number of allylic oxidation sites excluding steroid dienone is 1. The molecule has 0 atom stereocenters. The number of hydrogen-bond acceptors (Lipinski definition) is 3. The van der Waals surface area contributed by atoms with Crippen molar-refractivity contribution in [3.63, 3.8) is 0 Å². The van der Waals surface area contributed by atoms with Crippen LogP contribution >= 0.6 is 11.8 Å². The first-order valence-electron chi connectivity index (χ1n) is 8.05. The zero-order valence-corrected chi connectivity index (χ0v) is 14.0. The molecular formula is C22H12O2S. The van der Waals surface area contributed by atoms with Gasteiger partial charge < -0.3 is 0 Å². The molecule has 0 saturated heterocycles. The fraction of sp³-hybridized carbons (Fsp3) is 0. The molecule has 0 aromatic heterocycles. The average molecular weight is 340 g/mol. The van der Waals surface area contributed by atoms with Crippen LogP contribution in [0.15, 0.2) is 88.2 Å². The summed E-state index contributed by atoms with van der Waals surface area (Å²) in [5, 5.41) is 0. The molecule has 0 fully saturated rings. The van der Waals surface area contributed by atoms with Crippen LogP contribution in [0.1, 0.15) is 31.8 Å². The molecule has 0 bridgehead atoms. The molecule has 0 radical (unpaired) electrons. The highest BCUT2D eigenvalue weighted by Crippen LogP contribution is 2.48. The number of carbonyl (C=O) groups excluding carboxylic acids is 2. The first-order valence-corrected chi connectivity index (χ1v) is 8.87. The second-order valence-corrected chi connectivity index (χ2v) is 7.13. The number of Topliss-reactive ketones (excluding diaryl/α,β-unsaturated/α-hetero) is 2. The summed E-state index contributed by atoms with van der Waals surface area (Å²) < 4.78 is 0. The lowest BCUT2D eigenvalue weighted by atomic mass is 9.90. The van der Waals surface area contributed by atoms with E-state index in [-0.39, 0.29) is 11.6 Å². The van der Waals surface area contributed by atoms with Gasteiger partial charge in [0.2, 0.25) is 0 Å². The molecule has 2 nitrogen and oxygen atoms in total. The highest BCUT2D eigenvalue weighted by Gasteiger charge is 2.37. The van der Waals surface area contributed by atoms with Gasteiger partial charge in [-0.3, -0.25) is 9.59 Å². The Hall–Kier alpha value is -2.91. The molecule has 1 aliphatic carbocycles. The Labute approximate surface area is 149 Å². The lowest BCUT2D eigenvalue weighted by Gasteiger charge is -2.23. The Morgan fingerprint density at radius 1 is 0.480 bits per heavy atom. The first-order chi connectivity index (χ1) is 12.3. The highest BCUT2D eigenvalue weighted by atomic mass is 32.2. The summed E-state index contributed by atoms with van der Waals surface area (Å²) in [5.74, 6) is -0.348. The van der Waals surface area contributed by atoms with Crippen LogP contribution in [0.5, 0.6) is 0 Å². The van der Waals surface area contributed by atoms with Crippen molar-refractivity contribution in [1.29, 1.82) is 0 Å². The summed E-state index contributed by atoms with van der Waals surface area (Å²) in [7, 11) is 0. The van der Waals surface area contributed by atoms with Crippen molar-refractivity contribution in [2.75, 3.05) is 0 Å². The van der Waals surface area contributed by atoms with Gasteiger partial charge in [-0.2, -0.15) is 0 Å². The third-order valence-corrected chi connectivity index (χ3v) is 5.80. The standard InChI is InChI=1S/C22H12O2S/c23-21-13-7-1-2-8-14(13)22(24)20(21)19-15-9-3-5-11-17(15)25-18-12-6-4-10-16(18)19/h1-12H. The molecule has 25 heavy (non-hydrogen) atoms. The van der Waals surface area contributed by atoms with Crippen molar-refractivity contribution in [3.05, 3.63) is 101 Å². The predicted octanol–water partition coefficient (Wildman–Crippen LogP) is 5.03. The van der Waals surface area contributed by atoms with Gasteiger partial charge in [-0.1, -0.05) is 72.4 Å². The van der Waals surface area contributed by atoms with Crippen LogP contribution in [0.3, 0.4) is 0 Å². The summed E-state index contributed by atoms with van der Waals surface area (Å²) in [5.41, 5.74) is 3.97. The van der Waals surface area contributed by atoms with Gasteiger partial charge >= 0.3 is 0 Å². The Bertz CT molecular complexity index is 1020. The molecule has 3 aromatic rings. The number of fused-ring (bicyclic) bond motifs is 3. The fourth-order valence-electron chi connectivity index (χ4n) is 3.54. The minimum Gasteiger partial charge on any atom is -0.288 e. The van der Waals surface area contributed by atoms with Gasteiger partial charge in [-0.15, -0.1) is 0 Å². The summed E-state index contributed by atoms with van der Waals surface area (Å²) in [4.78, 5) is 28.2. The van der Waals surface area contributed by atoms with Crippen LogP contribution < -0.4 is 0 Å². The quantitative estimate of drug-likeness (QED) is 0.332. The van der Waals surface area contributed by atoms with Crippen LogP contribution in [0.4, 0.5) is 0 Å². The zero-order valence-electron chi connectivity index (χ0n) is 13.2. The van der Waals surface area contributed by atoms with Gasteiger partial charge in [0.25, 0.3) is 0 Å². The number of benzene rings is 3. The third-order valence-electron chi connectivity index (χ3n) is 4.65. The maximum atomic E-state index is 13.0. The summed E-state index contributed by atoms with van der Waals surface area (Å²) >= 11 is 1.67. The Kier molecular flexibility index (Phi) is 3.06. The van der Waals surface area contributed by atoms with Gasteiger partial charge in [-0.05, 0) is 23.3 Å². The van der Waals surface area contributed by atoms with Crippen LogP contribution in [0.25, 0.3) is 5.57 Å². The lowest BCUT2D eigenvalue weighted by Crippen LogP contribution is -2.09. The third kappa shape index (κ3) is 1.99. The van der Waals surface area contributed by atoms with Crippen LogP contribution in [-0.4, -0.2) is 11.6 Å². The van der Waals surface area contributed by atoms with E-state index in [1.165, 1.54) is 0 Å². The van der Waals surface area contributed by atoms with Gasteiger partial charge in [-0.25, -0.2) is 0 Å². The second kappa shape index (κ2) is 5.30. The van der Waals surface area contributed by atoms with Crippen molar-refractivity contribution in [2.24, 2.45) is 0 Å². The van der Waals surface area contributed by atoms with Crippen LogP contribution in [-0.2, 0) is 0 Å². The van der Waals surface area contributed by atoms with E-state index in [4.69, 9.17) is 0 Å². The van der Waals surface area contributed by atoms with Crippen molar-refractivity contribution in [1.82, 2.24) is 0 Å².